The third-order valence-electron chi connectivity index (χ3n) is 5.76. The zero-order chi connectivity index (χ0) is 18.1. The molecule has 4 rings (SSSR count). The number of thioether (sulfide) groups is 1. The Labute approximate surface area is 158 Å². The van der Waals surface area contributed by atoms with Crippen LogP contribution in [0.5, 0.6) is 5.75 Å². The molecule has 2 aliphatic heterocycles. The normalized spacial score (nSPS) is 28.3. The molecule has 1 N–H and O–H groups in total. The molecule has 2 bridgehead atoms. The summed E-state index contributed by atoms with van der Waals surface area (Å²) in [4.78, 5) is 11.3. The lowest BCUT2D eigenvalue weighted by molar-refractivity contribution is -0.0607. The summed E-state index contributed by atoms with van der Waals surface area (Å²) in [5, 5.41) is 12.3. The van der Waals surface area contributed by atoms with Crippen molar-refractivity contribution in [3.05, 3.63) is 47.8 Å². The summed E-state index contributed by atoms with van der Waals surface area (Å²) in [6.45, 7) is 0.853. The second kappa shape index (κ2) is 7.18. The highest BCUT2D eigenvalue weighted by Crippen LogP contribution is 2.48. The predicted molar refractivity (Wildman–Crippen MR) is 102 cm³/mol. The lowest BCUT2D eigenvalue weighted by Crippen LogP contribution is -2.49. The van der Waals surface area contributed by atoms with E-state index >= 15 is 0 Å². The number of para-hydroxylation sites is 1. The molecule has 138 valence electrons. The number of hydrogen-bond donors (Lipinski definition) is 1. The van der Waals surface area contributed by atoms with Crippen molar-refractivity contribution in [1.29, 1.82) is 0 Å². The Morgan fingerprint density at radius 3 is 2.46 bits per heavy atom. The Bertz CT molecular complexity index is 754. The molecule has 2 aromatic rings. The van der Waals surface area contributed by atoms with Gasteiger partial charge in [-0.05, 0) is 38.0 Å². The molecule has 0 saturated carbocycles. The summed E-state index contributed by atoms with van der Waals surface area (Å²) in [6.07, 6.45) is 9.59. The van der Waals surface area contributed by atoms with Crippen molar-refractivity contribution in [3.63, 3.8) is 0 Å². The van der Waals surface area contributed by atoms with E-state index in [0.717, 1.165) is 54.3 Å². The van der Waals surface area contributed by atoms with Gasteiger partial charge in [0.15, 0.2) is 5.16 Å². The number of ether oxygens (including phenoxy) is 1. The van der Waals surface area contributed by atoms with Crippen molar-refractivity contribution in [2.45, 2.75) is 55.1 Å². The summed E-state index contributed by atoms with van der Waals surface area (Å²) in [5.74, 6) is 0.781. The van der Waals surface area contributed by atoms with E-state index in [0.29, 0.717) is 12.1 Å². The highest BCUT2D eigenvalue weighted by Gasteiger charge is 2.49. The van der Waals surface area contributed by atoms with Gasteiger partial charge < -0.3 is 9.84 Å². The lowest BCUT2D eigenvalue weighted by Gasteiger charge is -2.44. The van der Waals surface area contributed by atoms with Crippen LogP contribution >= 0.6 is 11.8 Å². The van der Waals surface area contributed by atoms with Crippen molar-refractivity contribution in [3.8, 4) is 5.75 Å². The van der Waals surface area contributed by atoms with Gasteiger partial charge >= 0.3 is 0 Å². The Balaban J connectivity index is 1.53. The SMILES string of the molecule is COc1ccccc1C1(O)CC2CCC(C1)N2Cc1cnc(SC)nc1. The average Bonchev–Trinajstić information content (AvgIpc) is 2.92. The fourth-order valence-corrected chi connectivity index (χ4v) is 4.88. The van der Waals surface area contributed by atoms with Crippen LogP contribution in [-0.4, -0.2) is 45.4 Å². The van der Waals surface area contributed by atoms with Gasteiger partial charge in [-0.1, -0.05) is 30.0 Å². The van der Waals surface area contributed by atoms with Crippen LogP contribution in [-0.2, 0) is 12.1 Å². The zero-order valence-electron chi connectivity index (χ0n) is 15.3. The number of nitrogens with zero attached hydrogens (tertiary/aromatic N) is 3. The predicted octanol–water partition coefficient (Wildman–Crippen LogP) is 3.22. The number of aliphatic hydroxyl groups is 1. The number of aromatic nitrogens is 2. The van der Waals surface area contributed by atoms with Crippen molar-refractivity contribution in [2.24, 2.45) is 0 Å². The second-order valence-electron chi connectivity index (χ2n) is 7.28. The molecule has 2 fully saturated rings. The number of rotatable bonds is 5. The zero-order valence-corrected chi connectivity index (χ0v) is 16.1. The maximum Gasteiger partial charge on any atom is 0.187 e. The smallest absolute Gasteiger partial charge is 0.187 e. The number of methoxy groups -OCH3 is 1. The molecule has 2 atom stereocenters. The first kappa shape index (κ1) is 17.8. The quantitative estimate of drug-likeness (QED) is 0.643. The van der Waals surface area contributed by atoms with Crippen LogP contribution in [0.15, 0.2) is 41.8 Å². The van der Waals surface area contributed by atoms with Crippen molar-refractivity contribution >= 4 is 11.8 Å². The molecule has 1 aromatic heterocycles. The minimum absolute atomic E-state index is 0.379. The van der Waals surface area contributed by atoms with Gasteiger partial charge in [0.1, 0.15) is 5.75 Å². The third kappa shape index (κ3) is 3.21. The number of benzene rings is 1. The van der Waals surface area contributed by atoms with Crippen molar-refractivity contribution < 1.29 is 9.84 Å². The first-order valence-electron chi connectivity index (χ1n) is 9.09. The Morgan fingerprint density at radius 2 is 1.85 bits per heavy atom. The number of fused-ring (bicyclic) bond motifs is 2. The van der Waals surface area contributed by atoms with E-state index in [-0.39, 0.29) is 0 Å². The van der Waals surface area contributed by atoms with Crippen LogP contribution in [0.1, 0.15) is 36.8 Å². The van der Waals surface area contributed by atoms with Gasteiger partial charge in [-0.25, -0.2) is 9.97 Å². The highest BCUT2D eigenvalue weighted by atomic mass is 32.2. The van der Waals surface area contributed by atoms with Gasteiger partial charge in [-0.3, -0.25) is 4.90 Å². The first-order valence-corrected chi connectivity index (χ1v) is 10.3. The number of piperidine rings is 1. The molecule has 2 unspecified atom stereocenters. The van der Waals surface area contributed by atoms with Gasteiger partial charge in [-0.15, -0.1) is 0 Å². The molecule has 0 amide bonds. The summed E-state index contributed by atoms with van der Waals surface area (Å²) < 4.78 is 5.51. The summed E-state index contributed by atoms with van der Waals surface area (Å²) in [6, 6.07) is 8.63. The fraction of sp³-hybridized carbons (Fsp3) is 0.500. The molecule has 0 spiro atoms. The van der Waals surface area contributed by atoms with Gasteiger partial charge in [-0.2, -0.15) is 0 Å². The topological polar surface area (TPSA) is 58.5 Å². The van der Waals surface area contributed by atoms with Gasteiger partial charge in [0.05, 0.1) is 12.7 Å². The van der Waals surface area contributed by atoms with Crippen LogP contribution in [0, 0.1) is 0 Å². The van der Waals surface area contributed by atoms with Gasteiger partial charge in [0, 0.05) is 42.1 Å². The van der Waals surface area contributed by atoms with Gasteiger partial charge in [0.2, 0.25) is 0 Å². The van der Waals surface area contributed by atoms with E-state index < -0.39 is 5.60 Å². The second-order valence-corrected chi connectivity index (χ2v) is 8.05. The maximum atomic E-state index is 11.5. The van der Waals surface area contributed by atoms with Crippen LogP contribution < -0.4 is 4.74 Å². The lowest BCUT2D eigenvalue weighted by atomic mass is 9.80. The van der Waals surface area contributed by atoms with E-state index in [2.05, 4.69) is 14.9 Å². The molecule has 0 aliphatic carbocycles. The molecule has 0 radical (unpaired) electrons. The van der Waals surface area contributed by atoms with E-state index in [4.69, 9.17) is 4.74 Å². The summed E-state index contributed by atoms with van der Waals surface area (Å²) >= 11 is 1.56. The Hall–Kier alpha value is -1.63. The largest absolute Gasteiger partial charge is 0.496 e. The minimum atomic E-state index is -0.811. The molecule has 3 heterocycles. The van der Waals surface area contributed by atoms with Gasteiger partial charge in [0.25, 0.3) is 0 Å². The van der Waals surface area contributed by atoms with Crippen LogP contribution in [0.2, 0.25) is 0 Å². The summed E-state index contributed by atoms with van der Waals surface area (Å²) in [7, 11) is 1.67. The standard InChI is InChI=1S/C20H25N3O2S/c1-25-18-6-4-3-5-17(18)20(24)9-15-7-8-16(10-20)23(15)13-14-11-21-19(26-2)22-12-14/h3-6,11-12,15-16,24H,7-10,13H2,1-2H3. The Morgan fingerprint density at radius 1 is 1.19 bits per heavy atom. The molecule has 5 nitrogen and oxygen atoms in total. The number of hydrogen-bond acceptors (Lipinski definition) is 6. The molecular weight excluding hydrogens is 346 g/mol. The van der Waals surface area contributed by atoms with E-state index in [1.807, 2.05) is 42.9 Å². The third-order valence-corrected chi connectivity index (χ3v) is 6.33. The summed E-state index contributed by atoms with van der Waals surface area (Å²) in [5.41, 5.74) is 1.25. The van der Waals surface area contributed by atoms with E-state index in [1.54, 1.807) is 18.9 Å². The molecule has 6 heteroatoms. The van der Waals surface area contributed by atoms with Crippen LogP contribution in [0.3, 0.4) is 0 Å². The van der Waals surface area contributed by atoms with E-state index in [1.165, 1.54) is 0 Å². The van der Waals surface area contributed by atoms with Crippen molar-refractivity contribution in [2.75, 3.05) is 13.4 Å². The average molecular weight is 372 g/mol. The minimum Gasteiger partial charge on any atom is -0.496 e. The van der Waals surface area contributed by atoms with Crippen LogP contribution in [0.4, 0.5) is 0 Å². The molecule has 2 aliphatic rings. The molecular formula is C20H25N3O2S. The van der Waals surface area contributed by atoms with Crippen molar-refractivity contribution in [1.82, 2.24) is 14.9 Å². The fourth-order valence-electron chi connectivity index (χ4n) is 4.56. The van der Waals surface area contributed by atoms with Crippen LogP contribution in [0.25, 0.3) is 0 Å². The first-order chi connectivity index (χ1) is 12.6. The molecule has 26 heavy (non-hydrogen) atoms. The molecule has 2 saturated heterocycles. The Kier molecular flexibility index (Phi) is 4.90. The monoisotopic (exact) mass is 371 g/mol. The van der Waals surface area contributed by atoms with E-state index in [9.17, 15) is 5.11 Å². The highest BCUT2D eigenvalue weighted by molar-refractivity contribution is 7.98. The maximum absolute atomic E-state index is 11.5. The molecule has 1 aromatic carbocycles.